The zero-order valence-electron chi connectivity index (χ0n) is 14.8. The largest absolute Gasteiger partial charge is 0.497 e. The van der Waals surface area contributed by atoms with Crippen LogP contribution in [0.25, 0.3) is 0 Å². The lowest BCUT2D eigenvalue weighted by molar-refractivity contribution is 0.413. The van der Waals surface area contributed by atoms with Gasteiger partial charge in [-0.15, -0.1) is 11.8 Å². The summed E-state index contributed by atoms with van der Waals surface area (Å²) in [5.41, 5.74) is 2.38. The number of aryl methyl sites for hydroxylation is 1. The van der Waals surface area contributed by atoms with Gasteiger partial charge in [0.05, 0.1) is 13.2 Å². The quantitative estimate of drug-likeness (QED) is 0.651. The summed E-state index contributed by atoms with van der Waals surface area (Å²) in [6.07, 6.45) is 5.89. The van der Waals surface area contributed by atoms with E-state index in [9.17, 15) is 0 Å². The van der Waals surface area contributed by atoms with Crippen LogP contribution in [0.2, 0.25) is 0 Å². The highest BCUT2D eigenvalue weighted by molar-refractivity contribution is 7.98. The van der Waals surface area contributed by atoms with Crippen LogP contribution < -0.4 is 10.1 Å². The lowest BCUT2D eigenvalue weighted by Gasteiger charge is -2.20. The first-order chi connectivity index (χ1) is 12.2. The van der Waals surface area contributed by atoms with Crippen LogP contribution in [0.4, 0.5) is 0 Å². The Bertz CT molecular complexity index is 814. The topological polar surface area (TPSA) is 39.1 Å². The molecule has 0 saturated heterocycles. The first kappa shape index (κ1) is 17.6. The van der Waals surface area contributed by atoms with Crippen molar-refractivity contribution in [3.63, 3.8) is 0 Å². The zero-order valence-corrected chi connectivity index (χ0v) is 15.6. The van der Waals surface area contributed by atoms with E-state index >= 15 is 0 Å². The van der Waals surface area contributed by atoms with Crippen molar-refractivity contribution in [1.29, 1.82) is 0 Å². The van der Waals surface area contributed by atoms with E-state index in [2.05, 4.69) is 53.0 Å². The van der Waals surface area contributed by atoms with Gasteiger partial charge < -0.3 is 9.30 Å². The van der Waals surface area contributed by atoms with E-state index < -0.39 is 0 Å². The van der Waals surface area contributed by atoms with Crippen LogP contribution >= 0.6 is 11.8 Å². The number of hydrogen-bond donors (Lipinski definition) is 1. The molecule has 3 aromatic rings. The summed E-state index contributed by atoms with van der Waals surface area (Å²) in [7, 11) is 3.71. The number of thioether (sulfide) groups is 1. The first-order valence-corrected chi connectivity index (χ1v) is 9.41. The minimum Gasteiger partial charge on any atom is -0.497 e. The highest BCUT2D eigenvalue weighted by Gasteiger charge is 2.18. The number of hydrogen-bond acceptors (Lipinski definition) is 4. The second-order valence-corrected chi connectivity index (χ2v) is 6.71. The van der Waals surface area contributed by atoms with E-state index in [0.29, 0.717) is 0 Å². The Hall–Kier alpha value is -2.24. The summed E-state index contributed by atoms with van der Waals surface area (Å²) in [5, 5.41) is 3.64. The third-order valence-electron chi connectivity index (χ3n) is 4.21. The summed E-state index contributed by atoms with van der Waals surface area (Å²) < 4.78 is 7.43. The molecule has 1 N–H and O–H groups in total. The Morgan fingerprint density at radius 1 is 1.20 bits per heavy atom. The predicted octanol–water partition coefficient (Wildman–Crippen LogP) is 4.03. The van der Waals surface area contributed by atoms with Crippen LogP contribution in [0.5, 0.6) is 5.75 Å². The number of rotatable bonds is 7. The van der Waals surface area contributed by atoms with Crippen molar-refractivity contribution < 1.29 is 4.74 Å². The maximum Gasteiger partial charge on any atom is 0.130 e. The van der Waals surface area contributed by atoms with Gasteiger partial charge in [0.15, 0.2) is 0 Å². The van der Waals surface area contributed by atoms with Gasteiger partial charge in [0.25, 0.3) is 0 Å². The molecule has 0 spiro atoms. The Balaban J connectivity index is 1.84. The van der Waals surface area contributed by atoms with Crippen LogP contribution in [-0.2, 0) is 13.6 Å². The fourth-order valence-corrected chi connectivity index (χ4v) is 3.21. The third-order valence-corrected chi connectivity index (χ3v) is 4.96. The van der Waals surface area contributed by atoms with Crippen molar-refractivity contribution >= 4 is 11.8 Å². The van der Waals surface area contributed by atoms with E-state index in [1.54, 1.807) is 18.9 Å². The van der Waals surface area contributed by atoms with E-state index in [1.807, 2.05) is 36.1 Å². The number of nitrogens with zero attached hydrogens (tertiary/aromatic N) is 2. The molecule has 25 heavy (non-hydrogen) atoms. The highest BCUT2D eigenvalue weighted by Crippen LogP contribution is 2.25. The SMILES string of the molecule is COc1cccc(C(NCc2ccc(SC)cc2)c2nccn2C)c1. The van der Waals surface area contributed by atoms with Crippen LogP contribution in [-0.4, -0.2) is 22.9 Å². The fourth-order valence-electron chi connectivity index (χ4n) is 2.80. The van der Waals surface area contributed by atoms with Crippen LogP contribution in [0.1, 0.15) is 23.0 Å². The number of nitrogens with one attached hydrogen (secondary N) is 1. The van der Waals surface area contributed by atoms with Crippen molar-refractivity contribution in [1.82, 2.24) is 14.9 Å². The van der Waals surface area contributed by atoms with Crippen LogP contribution in [0, 0.1) is 0 Å². The molecular weight excluding hydrogens is 330 g/mol. The minimum atomic E-state index is -0.00433. The molecular formula is C20H23N3OS. The van der Waals surface area contributed by atoms with Gasteiger partial charge in [0.1, 0.15) is 11.6 Å². The monoisotopic (exact) mass is 353 g/mol. The average Bonchev–Trinajstić information content (AvgIpc) is 3.08. The molecule has 3 rings (SSSR count). The maximum absolute atomic E-state index is 5.38. The molecule has 5 heteroatoms. The minimum absolute atomic E-state index is 0.00433. The maximum atomic E-state index is 5.38. The summed E-state index contributed by atoms with van der Waals surface area (Å²) >= 11 is 1.76. The van der Waals surface area contributed by atoms with Gasteiger partial charge in [-0.3, -0.25) is 5.32 Å². The van der Waals surface area contributed by atoms with Crippen molar-refractivity contribution in [3.05, 3.63) is 77.9 Å². The van der Waals surface area contributed by atoms with Crippen molar-refractivity contribution in [2.75, 3.05) is 13.4 Å². The Morgan fingerprint density at radius 3 is 2.64 bits per heavy atom. The molecule has 0 radical (unpaired) electrons. The van der Waals surface area contributed by atoms with Gasteiger partial charge in [0.2, 0.25) is 0 Å². The third kappa shape index (κ3) is 4.24. The number of ether oxygens (including phenoxy) is 1. The molecule has 0 aliphatic heterocycles. The Morgan fingerprint density at radius 2 is 2.00 bits per heavy atom. The van der Waals surface area contributed by atoms with Gasteiger partial charge in [-0.1, -0.05) is 24.3 Å². The molecule has 0 bridgehead atoms. The molecule has 1 atom stereocenters. The summed E-state index contributed by atoms with van der Waals surface area (Å²) in [5.74, 6) is 1.83. The van der Waals surface area contributed by atoms with Gasteiger partial charge >= 0.3 is 0 Å². The molecule has 1 unspecified atom stereocenters. The Kier molecular flexibility index (Phi) is 5.79. The average molecular weight is 353 g/mol. The highest BCUT2D eigenvalue weighted by atomic mass is 32.2. The van der Waals surface area contributed by atoms with Crippen molar-refractivity contribution in [3.8, 4) is 5.75 Å². The van der Waals surface area contributed by atoms with Crippen molar-refractivity contribution in [2.45, 2.75) is 17.5 Å². The smallest absolute Gasteiger partial charge is 0.130 e. The lowest BCUT2D eigenvalue weighted by Crippen LogP contribution is -2.24. The van der Waals surface area contributed by atoms with Crippen LogP contribution in [0.3, 0.4) is 0 Å². The molecule has 130 valence electrons. The van der Waals surface area contributed by atoms with E-state index in [-0.39, 0.29) is 6.04 Å². The zero-order chi connectivity index (χ0) is 17.6. The van der Waals surface area contributed by atoms with Gasteiger partial charge in [-0.2, -0.15) is 0 Å². The van der Waals surface area contributed by atoms with Crippen LogP contribution in [0.15, 0.2) is 65.8 Å². The standard InChI is InChI=1S/C20H23N3OS/c1-23-12-11-21-20(23)19(16-5-4-6-17(13-16)24-2)22-14-15-7-9-18(25-3)10-8-15/h4-13,19,22H,14H2,1-3H3. The van der Waals surface area contributed by atoms with E-state index in [1.165, 1.54) is 10.5 Å². The molecule has 1 heterocycles. The normalized spacial score (nSPS) is 12.1. The second kappa shape index (κ2) is 8.23. The molecule has 2 aromatic carbocycles. The molecule has 0 amide bonds. The number of methoxy groups -OCH3 is 1. The summed E-state index contributed by atoms with van der Waals surface area (Å²) in [4.78, 5) is 5.82. The molecule has 4 nitrogen and oxygen atoms in total. The molecule has 0 aliphatic rings. The van der Waals surface area contributed by atoms with Gasteiger partial charge in [-0.25, -0.2) is 4.98 Å². The van der Waals surface area contributed by atoms with Gasteiger partial charge in [-0.05, 0) is 41.6 Å². The summed E-state index contributed by atoms with van der Waals surface area (Å²) in [6, 6.07) is 16.8. The molecule has 0 aliphatic carbocycles. The second-order valence-electron chi connectivity index (χ2n) is 5.83. The summed E-state index contributed by atoms with van der Waals surface area (Å²) in [6.45, 7) is 0.767. The number of benzene rings is 2. The molecule has 0 fully saturated rings. The lowest BCUT2D eigenvalue weighted by atomic mass is 10.0. The van der Waals surface area contributed by atoms with E-state index in [0.717, 1.165) is 23.7 Å². The molecule has 0 saturated carbocycles. The fraction of sp³-hybridized carbons (Fsp3) is 0.250. The predicted molar refractivity (Wildman–Crippen MR) is 103 cm³/mol. The van der Waals surface area contributed by atoms with E-state index in [4.69, 9.17) is 4.74 Å². The first-order valence-electron chi connectivity index (χ1n) is 8.18. The van der Waals surface area contributed by atoms with Crippen molar-refractivity contribution in [2.24, 2.45) is 7.05 Å². The molecule has 1 aromatic heterocycles. The number of imidazole rings is 1. The van der Waals surface area contributed by atoms with Gasteiger partial charge in [0, 0.05) is 30.9 Å². The Labute approximate surface area is 153 Å². The number of aromatic nitrogens is 2.